The van der Waals surface area contributed by atoms with Gasteiger partial charge in [0.1, 0.15) is 0 Å². The Morgan fingerprint density at radius 1 is 1.31 bits per heavy atom. The third-order valence-corrected chi connectivity index (χ3v) is 2.51. The van der Waals surface area contributed by atoms with Gasteiger partial charge in [-0.2, -0.15) is 0 Å². The Hall–Kier alpha value is -0.960. The maximum Gasteiger partial charge on any atom is 0.345 e. The van der Waals surface area contributed by atoms with Crippen LogP contribution in [0.5, 0.6) is 0 Å². The van der Waals surface area contributed by atoms with E-state index >= 15 is 0 Å². The van der Waals surface area contributed by atoms with E-state index in [2.05, 4.69) is 4.74 Å². The summed E-state index contributed by atoms with van der Waals surface area (Å²) < 4.78 is 4.62. The van der Waals surface area contributed by atoms with Gasteiger partial charge in [0.15, 0.2) is 13.4 Å². The molecule has 0 bridgehead atoms. The molecule has 74 valence electrons. The van der Waals surface area contributed by atoms with Crippen LogP contribution in [0, 0.1) is 0 Å². The Morgan fingerprint density at radius 2 is 1.77 bits per heavy atom. The highest BCUT2D eigenvalue weighted by Gasteiger charge is 2.33. The number of rotatable bonds is 4. The monoisotopic (exact) mass is 206 g/mol. The van der Waals surface area contributed by atoms with E-state index in [0.717, 1.165) is 6.92 Å². The largest absolute Gasteiger partial charge is 0.477 e. The van der Waals surface area contributed by atoms with Crippen LogP contribution < -0.4 is 0 Å². The van der Waals surface area contributed by atoms with Crippen LogP contribution in [-0.2, 0) is 9.53 Å². The molecule has 0 saturated carbocycles. The molecule has 0 heterocycles. The first kappa shape index (κ1) is 12.0. The minimum atomic E-state index is -2.36. The molecule has 0 amide bonds. The van der Waals surface area contributed by atoms with Gasteiger partial charge in [-0.25, -0.2) is 9.59 Å². The summed E-state index contributed by atoms with van der Waals surface area (Å²) in [6.07, 6.45) is -0.406. The molecular formula is C7H11O5P. The molecule has 0 fully saturated rings. The lowest BCUT2D eigenvalue weighted by Gasteiger charge is -2.10. The molecule has 0 radical (unpaired) electrons. The normalized spacial score (nSPS) is 12.3. The molecule has 0 aromatic heterocycles. The fraction of sp³-hybridized carbons (Fsp3) is 0.571. The van der Waals surface area contributed by atoms with Crippen molar-refractivity contribution in [3.05, 3.63) is 0 Å². The molecule has 5 nitrogen and oxygen atoms in total. The molecule has 0 aliphatic rings. The third-order valence-electron chi connectivity index (χ3n) is 1.03. The average Bonchev–Trinajstić information content (AvgIpc) is 1.81. The summed E-state index contributed by atoms with van der Waals surface area (Å²) in [5.74, 6) is 0. The van der Waals surface area contributed by atoms with Gasteiger partial charge in [0.2, 0.25) is 0 Å². The molecule has 0 rings (SSSR count). The lowest BCUT2D eigenvalue weighted by molar-refractivity contribution is -0.109. The number of carbonyl (C=O) groups excluding carboxylic acids is 2. The summed E-state index contributed by atoms with van der Waals surface area (Å²) in [5, 5.41) is 8.53. The summed E-state index contributed by atoms with van der Waals surface area (Å²) in [7, 11) is -2.36. The van der Waals surface area contributed by atoms with Crippen molar-refractivity contribution in [2.24, 2.45) is 0 Å². The Morgan fingerprint density at radius 3 is 2.00 bits per heavy atom. The summed E-state index contributed by atoms with van der Waals surface area (Å²) in [5.41, 5.74) is -3.01. The van der Waals surface area contributed by atoms with Crippen LogP contribution in [-0.4, -0.2) is 28.2 Å². The molecule has 1 atom stereocenters. The molecule has 0 aromatic carbocycles. The lowest BCUT2D eigenvalue weighted by Crippen LogP contribution is -2.14. The van der Waals surface area contributed by atoms with Crippen molar-refractivity contribution in [2.75, 3.05) is 0 Å². The molecule has 0 aromatic rings. The minimum absolute atomic E-state index is 0.406. The molecule has 0 aliphatic carbocycles. The highest BCUT2D eigenvalue weighted by molar-refractivity contribution is 8.00. The molecule has 0 aliphatic heterocycles. The maximum atomic E-state index is 11.0. The highest BCUT2D eigenvalue weighted by Crippen LogP contribution is 2.39. The number of hydrogen-bond acceptors (Lipinski definition) is 4. The first-order valence-electron chi connectivity index (χ1n) is 3.60. The van der Waals surface area contributed by atoms with Crippen LogP contribution in [0.4, 0.5) is 9.59 Å². The van der Waals surface area contributed by atoms with E-state index in [-0.39, 0.29) is 0 Å². The van der Waals surface area contributed by atoms with Gasteiger partial charge in [-0.15, -0.1) is 0 Å². The van der Waals surface area contributed by atoms with Gasteiger partial charge in [-0.3, -0.25) is 4.79 Å². The Balaban J connectivity index is 4.48. The molecule has 13 heavy (non-hydrogen) atoms. The van der Waals surface area contributed by atoms with Crippen LogP contribution in [0.2, 0.25) is 0 Å². The van der Waals surface area contributed by atoms with Gasteiger partial charge >= 0.3 is 11.4 Å². The zero-order valence-corrected chi connectivity index (χ0v) is 8.50. The van der Waals surface area contributed by atoms with Crippen LogP contribution in [0.15, 0.2) is 0 Å². The zero-order chi connectivity index (χ0) is 10.6. The maximum absolute atomic E-state index is 11.0. The van der Waals surface area contributed by atoms with Gasteiger partial charge in [-0.05, 0) is 20.8 Å². The van der Waals surface area contributed by atoms with Gasteiger partial charge in [-0.1, -0.05) is 0 Å². The quantitative estimate of drug-likeness (QED) is 0.713. The van der Waals surface area contributed by atoms with Crippen molar-refractivity contribution in [2.45, 2.75) is 26.9 Å². The fourth-order valence-corrected chi connectivity index (χ4v) is 1.59. The standard InChI is InChI=1S/C7H11O5P/c1-4(2)12-7(11)13(5(3)8)6(9)10/h4H,1-3H3,(H,9,10). The highest BCUT2D eigenvalue weighted by atomic mass is 31.1. The second-order valence-electron chi connectivity index (χ2n) is 2.57. The van der Waals surface area contributed by atoms with E-state index in [1.165, 1.54) is 0 Å². The third kappa shape index (κ3) is 3.99. The first-order valence-corrected chi connectivity index (χ1v) is 4.94. The predicted molar refractivity (Wildman–Crippen MR) is 47.2 cm³/mol. The number of hydrogen-bond donors (Lipinski definition) is 1. The fourth-order valence-electron chi connectivity index (χ4n) is 0.596. The molecular weight excluding hydrogens is 195 g/mol. The van der Waals surface area contributed by atoms with E-state index in [9.17, 15) is 14.4 Å². The SMILES string of the molecule is CC(=O)P(C(=O)O)C(=O)OC(C)C. The molecule has 0 saturated heterocycles. The summed E-state index contributed by atoms with van der Waals surface area (Å²) in [4.78, 5) is 32.3. The molecule has 6 heteroatoms. The van der Waals surface area contributed by atoms with Gasteiger partial charge in [0, 0.05) is 0 Å². The molecule has 0 spiro atoms. The summed E-state index contributed by atoms with van der Waals surface area (Å²) >= 11 is 0. The van der Waals surface area contributed by atoms with E-state index in [0.29, 0.717) is 0 Å². The molecule has 1 unspecified atom stereocenters. The predicted octanol–water partition coefficient (Wildman–Crippen LogP) is 2.24. The average molecular weight is 206 g/mol. The lowest BCUT2D eigenvalue weighted by atomic mass is 10.5. The smallest absolute Gasteiger partial charge is 0.345 e. The number of carboxylic acid groups (broad SMARTS) is 1. The van der Waals surface area contributed by atoms with Crippen LogP contribution in [0.1, 0.15) is 20.8 Å². The second kappa shape index (κ2) is 4.92. The van der Waals surface area contributed by atoms with Gasteiger partial charge in [0.25, 0.3) is 0 Å². The second-order valence-corrected chi connectivity index (χ2v) is 4.62. The summed E-state index contributed by atoms with van der Waals surface area (Å²) in [6.45, 7) is 4.25. The van der Waals surface area contributed by atoms with Crippen molar-refractivity contribution in [1.82, 2.24) is 0 Å². The number of carbonyl (C=O) groups is 3. The van der Waals surface area contributed by atoms with Crippen LogP contribution >= 0.6 is 7.92 Å². The van der Waals surface area contributed by atoms with Crippen molar-refractivity contribution in [1.29, 1.82) is 0 Å². The van der Waals surface area contributed by atoms with E-state index in [1.54, 1.807) is 13.8 Å². The minimum Gasteiger partial charge on any atom is -0.477 e. The van der Waals surface area contributed by atoms with Crippen LogP contribution in [0.25, 0.3) is 0 Å². The van der Waals surface area contributed by atoms with Gasteiger partial charge < -0.3 is 9.84 Å². The Kier molecular flexibility index (Phi) is 4.56. The molecule has 1 N–H and O–H groups in total. The topological polar surface area (TPSA) is 80.7 Å². The van der Waals surface area contributed by atoms with E-state index < -0.39 is 31.0 Å². The number of ether oxygens (including phenoxy) is 1. The van der Waals surface area contributed by atoms with Crippen LogP contribution in [0.3, 0.4) is 0 Å². The van der Waals surface area contributed by atoms with E-state index in [1.807, 2.05) is 0 Å². The van der Waals surface area contributed by atoms with Crippen molar-refractivity contribution >= 4 is 24.9 Å². The Bertz CT molecular complexity index is 221. The van der Waals surface area contributed by atoms with E-state index in [4.69, 9.17) is 5.11 Å². The van der Waals surface area contributed by atoms with Crippen molar-refractivity contribution in [3.8, 4) is 0 Å². The zero-order valence-electron chi connectivity index (χ0n) is 7.60. The first-order chi connectivity index (χ1) is 5.86. The van der Waals surface area contributed by atoms with Gasteiger partial charge in [0.05, 0.1) is 6.10 Å². The Labute approximate surface area is 76.8 Å². The summed E-state index contributed by atoms with van der Waals surface area (Å²) in [6, 6.07) is 0. The van der Waals surface area contributed by atoms with Crippen molar-refractivity contribution < 1.29 is 24.2 Å². The van der Waals surface area contributed by atoms with Crippen molar-refractivity contribution in [3.63, 3.8) is 0 Å².